The minimum absolute atomic E-state index is 0.139. The predicted octanol–water partition coefficient (Wildman–Crippen LogP) is 3.83. The van der Waals surface area contributed by atoms with Crippen molar-refractivity contribution in [3.63, 3.8) is 0 Å². The Kier molecular flexibility index (Phi) is 7.01. The van der Waals surface area contributed by atoms with Gasteiger partial charge >= 0.3 is 11.9 Å². The van der Waals surface area contributed by atoms with Crippen LogP contribution in [-0.4, -0.2) is 42.9 Å². The Morgan fingerprint density at radius 1 is 0.895 bits per heavy atom. The molecule has 2 saturated carbocycles. The number of esters is 2. The lowest BCUT2D eigenvalue weighted by atomic mass is 9.81. The zero-order chi connectivity index (χ0) is 27.0. The summed E-state index contributed by atoms with van der Waals surface area (Å²) in [5.74, 6) is -1.85. The zero-order valence-electron chi connectivity index (χ0n) is 21.3. The van der Waals surface area contributed by atoms with Gasteiger partial charge in [0.25, 0.3) is 5.91 Å². The number of rotatable bonds is 8. The fraction of sp³-hybridized carbons (Fsp3) is 0.414. The molecule has 3 fully saturated rings. The number of imide groups is 1. The van der Waals surface area contributed by atoms with E-state index in [9.17, 15) is 24.0 Å². The first-order chi connectivity index (χ1) is 18.2. The number of nitrogens with zero attached hydrogens (tertiary/aromatic N) is 1. The van der Waals surface area contributed by atoms with Crippen molar-refractivity contribution in [2.24, 2.45) is 29.6 Å². The quantitative estimate of drug-likeness (QED) is 0.417. The van der Waals surface area contributed by atoms with E-state index in [1.165, 1.54) is 29.2 Å². The van der Waals surface area contributed by atoms with Crippen molar-refractivity contribution < 1.29 is 33.4 Å². The molecule has 9 heteroatoms. The monoisotopic (exact) mass is 518 g/mol. The number of ether oxygens (including phenoxy) is 2. The number of carbonyl (C=O) groups excluding carboxylic acids is 5. The molecule has 1 aliphatic heterocycles. The maximum Gasteiger partial charge on any atom is 0.338 e. The molecule has 1 N–H and O–H groups in total. The van der Waals surface area contributed by atoms with Crippen LogP contribution < -0.4 is 10.2 Å². The van der Waals surface area contributed by atoms with Crippen molar-refractivity contribution >= 4 is 41.0 Å². The van der Waals surface area contributed by atoms with Crippen molar-refractivity contribution in [2.45, 2.75) is 33.1 Å². The van der Waals surface area contributed by atoms with E-state index in [-0.39, 0.29) is 47.0 Å². The highest BCUT2D eigenvalue weighted by Crippen LogP contribution is 2.56. The highest BCUT2D eigenvalue weighted by Gasteiger charge is 2.61. The van der Waals surface area contributed by atoms with Crippen LogP contribution in [0.4, 0.5) is 11.4 Å². The normalized spacial score (nSPS) is 23.5. The van der Waals surface area contributed by atoms with Crippen LogP contribution in [-0.2, 0) is 23.9 Å². The van der Waals surface area contributed by atoms with Gasteiger partial charge < -0.3 is 14.8 Å². The van der Waals surface area contributed by atoms with Gasteiger partial charge in [0.05, 0.1) is 35.3 Å². The molecule has 2 aromatic carbocycles. The summed E-state index contributed by atoms with van der Waals surface area (Å²) in [5, 5.41) is 2.60. The summed E-state index contributed by atoms with van der Waals surface area (Å²) in [6.07, 6.45) is 2.92. The highest BCUT2D eigenvalue weighted by molar-refractivity contribution is 6.22. The number of anilines is 2. The molecule has 2 aromatic rings. The third-order valence-corrected chi connectivity index (χ3v) is 7.55. The van der Waals surface area contributed by atoms with E-state index in [1.54, 1.807) is 24.3 Å². The number of hydrogen-bond donors (Lipinski definition) is 1. The van der Waals surface area contributed by atoms with Crippen molar-refractivity contribution in [3.8, 4) is 0 Å². The average Bonchev–Trinajstić information content (AvgIpc) is 3.59. The van der Waals surface area contributed by atoms with Gasteiger partial charge in [-0.1, -0.05) is 19.9 Å². The summed E-state index contributed by atoms with van der Waals surface area (Å²) >= 11 is 0. The molecule has 4 atom stereocenters. The minimum Gasteiger partial charge on any atom is -0.462 e. The lowest BCUT2D eigenvalue weighted by Crippen LogP contribution is -2.32. The molecule has 0 spiro atoms. The third kappa shape index (κ3) is 4.92. The molecule has 1 saturated heterocycles. The summed E-state index contributed by atoms with van der Waals surface area (Å²) in [6.45, 7) is 3.67. The van der Waals surface area contributed by atoms with E-state index >= 15 is 0 Å². The number of hydrogen-bond acceptors (Lipinski definition) is 7. The number of fused-ring (bicyclic) bond motifs is 5. The van der Waals surface area contributed by atoms with Gasteiger partial charge in [-0.15, -0.1) is 0 Å². The second kappa shape index (κ2) is 10.4. The summed E-state index contributed by atoms with van der Waals surface area (Å²) in [5.41, 5.74) is 1.28. The summed E-state index contributed by atoms with van der Waals surface area (Å²) in [4.78, 5) is 64.3. The Hall–Kier alpha value is -4.01. The lowest BCUT2D eigenvalue weighted by Gasteiger charge is -2.19. The molecular formula is C29H30N2O7. The highest BCUT2D eigenvalue weighted by atomic mass is 16.5. The lowest BCUT2D eigenvalue weighted by molar-refractivity contribution is -0.123. The Morgan fingerprint density at radius 3 is 2.16 bits per heavy atom. The van der Waals surface area contributed by atoms with Gasteiger partial charge in [0, 0.05) is 5.69 Å². The Bertz CT molecular complexity index is 1260. The molecule has 9 nitrogen and oxygen atoms in total. The molecule has 0 radical (unpaired) electrons. The van der Waals surface area contributed by atoms with Gasteiger partial charge in [-0.3, -0.25) is 19.3 Å². The summed E-state index contributed by atoms with van der Waals surface area (Å²) < 4.78 is 10.3. The second-order valence-corrected chi connectivity index (χ2v) is 10.6. The van der Waals surface area contributed by atoms with Crippen LogP contribution in [0.25, 0.3) is 0 Å². The standard InChI is InChI=1S/C29H30N2O7/c1-16(2)14-37-28(35)17-8-10-21(11-9-17)30-23(32)15-38-29(36)20-4-3-5-22(13-20)31-26(33)24-18-6-7-19(12-18)25(24)27(31)34/h3-5,8-11,13,16,18-19,24-25H,6-7,12,14-15H2,1-2H3,(H,30,32)/t18-,19-,24-,25+/m0/s1. The zero-order valence-corrected chi connectivity index (χ0v) is 21.3. The van der Waals surface area contributed by atoms with E-state index in [2.05, 4.69) is 5.32 Å². The molecular weight excluding hydrogens is 488 g/mol. The molecule has 1 heterocycles. The largest absolute Gasteiger partial charge is 0.462 e. The van der Waals surface area contributed by atoms with Gasteiger partial charge in [-0.25, -0.2) is 9.59 Å². The van der Waals surface area contributed by atoms with Crippen LogP contribution in [0.15, 0.2) is 48.5 Å². The summed E-state index contributed by atoms with van der Waals surface area (Å²) in [7, 11) is 0. The van der Waals surface area contributed by atoms with Crippen molar-refractivity contribution in [3.05, 3.63) is 59.7 Å². The summed E-state index contributed by atoms with van der Waals surface area (Å²) in [6, 6.07) is 12.4. The van der Waals surface area contributed by atoms with Gasteiger partial charge in [0.1, 0.15) is 0 Å². The first kappa shape index (κ1) is 25.6. The van der Waals surface area contributed by atoms with Gasteiger partial charge in [-0.2, -0.15) is 0 Å². The molecule has 0 aromatic heterocycles. The maximum atomic E-state index is 13.1. The van der Waals surface area contributed by atoms with Crippen LogP contribution in [0.5, 0.6) is 0 Å². The molecule has 3 aliphatic rings. The Balaban J connectivity index is 1.16. The second-order valence-electron chi connectivity index (χ2n) is 10.6. The molecule has 2 aliphatic carbocycles. The van der Waals surface area contributed by atoms with E-state index < -0.39 is 24.5 Å². The van der Waals surface area contributed by atoms with E-state index in [4.69, 9.17) is 9.47 Å². The molecule has 5 rings (SSSR count). The van der Waals surface area contributed by atoms with Gasteiger partial charge in [-0.05, 0) is 79.5 Å². The Labute approximate surface area is 220 Å². The topological polar surface area (TPSA) is 119 Å². The maximum absolute atomic E-state index is 13.1. The number of benzene rings is 2. The molecule has 198 valence electrons. The smallest absolute Gasteiger partial charge is 0.338 e. The molecule has 2 bridgehead atoms. The van der Waals surface area contributed by atoms with Crippen molar-refractivity contribution in [2.75, 3.05) is 23.4 Å². The van der Waals surface area contributed by atoms with E-state index in [0.717, 1.165) is 19.3 Å². The third-order valence-electron chi connectivity index (χ3n) is 7.55. The molecule has 0 unspecified atom stereocenters. The number of amides is 3. The van der Waals surface area contributed by atoms with Crippen LogP contribution in [0.3, 0.4) is 0 Å². The van der Waals surface area contributed by atoms with Crippen LogP contribution in [0.1, 0.15) is 53.8 Å². The van der Waals surface area contributed by atoms with Gasteiger partial charge in [0.15, 0.2) is 6.61 Å². The number of carbonyl (C=O) groups is 5. The average molecular weight is 519 g/mol. The van der Waals surface area contributed by atoms with Crippen molar-refractivity contribution in [1.82, 2.24) is 0 Å². The number of nitrogens with one attached hydrogen (secondary N) is 1. The van der Waals surface area contributed by atoms with Gasteiger partial charge in [0.2, 0.25) is 11.8 Å². The SMILES string of the molecule is CC(C)COC(=O)c1ccc(NC(=O)COC(=O)c2cccc(N3C(=O)[C@@H]4[C@H]5CC[C@@H](C5)[C@@H]4C3=O)c2)cc1. The van der Waals surface area contributed by atoms with E-state index in [1.807, 2.05) is 13.8 Å². The fourth-order valence-corrected chi connectivity index (χ4v) is 5.86. The first-order valence-corrected chi connectivity index (χ1v) is 12.9. The Morgan fingerprint density at radius 2 is 1.53 bits per heavy atom. The van der Waals surface area contributed by atoms with E-state index in [0.29, 0.717) is 23.5 Å². The van der Waals surface area contributed by atoms with Crippen LogP contribution >= 0.6 is 0 Å². The first-order valence-electron chi connectivity index (χ1n) is 12.9. The van der Waals surface area contributed by atoms with Crippen molar-refractivity contribution in [1.29, 1.82) is 0 Å². The van der Waals surface area contributed by atoms with Crippen LogP contribution in [0, 0.1) is 29.6 Å². The molecule has 38 heavy (non-hydrogen) atoms. The van der Waals surface area contributed by atoms with Crippen LogP contribution in [0.2, 0.25) is 0 Å². The molecule has 3 amide bonds. The minimum atomic E-state index is -0.746. The predicted molar refractivity (Wildman–Crippen MR) is 137 cm³/mol. The fourth-order valence-electron chi connectivity index (χ4n) is 5.86.